The average molecular weight is 281 g/mol. The van der Waals surface area contributed by atoms with Crippen molar-refractivity contribution in [2.45, 2.75) is 19.9 Å². The first-order valence-electron chi connectivity index (χ1n) is 6.66. The Kier molecular flexibility index (Phi) is 5.05. The van der Waals surface area contributed by atoms with Crippen molar-refractivity contribution in [3.05, 3.63) is 71.0 Å². The van der Waals surface area contributed by atoms with Gasteiger partial charge in [-0.05, 0) is 35.7 Å². The van der Waals surface area contributed by atoms with Crippen LogP contribution in [0.5, 0.6) is 0 Å². The molecule has 0 heterocycles. The Morgan fingerprint density at radius 2 is 1.90 bits per heavy atom. The van der Waals surface area contributed by atoms with Gasteiger partial charge >= 0.3 is 0 Å². The number of rotatable bonds is 4. The molecule has 0 fully saturated rings. The molecule has 2 aromatic rings. The molecule has 0 saturated heterocycles. The molecule has 0 radical (unpaired) electrons. The number of aryl methyl sites for hydroxylation is 1. The van der Waals surface area contributed by atoms with E-state index in [2.05, 4.69) is 10.3 Å². The van der Waals surface area contributed by atoms with Crippen LogP contribution in [0.4, 0.5) is 4.39 Å². The first-order chi connectivity index (χ1) is 10.2. The molecule has 2 aromatic carbocycles. The van der Waals surface area contributed by atoms with Crippen LogP contribution in [0, 0.1) is 24.2 Å². The SMILES string of the molecule is Cc1ccccc1CC(=NCc1ccc(F)cc1)NC#N. The number of amidine groups is 1. The first kappa shape index (κ1) is 14.7. The number of aliphatic imine (C=N–C) groups is 1. The van der Waals surface area contributed by atoms with E-state index in [-0.39, 0.29) is 5.82 Å². The third-order valence-corrected chi connectivity index (χ3v) is 3.19. The van der Waals surface area contributed by atoms with Gasteiger partial charge in [-0.15, -0.1) is 0 Å². The largest absolute Gasteiger partial charge is 0.280 e. The van der Waals surface area contributed by atoms with Crippen molar-refractivity contribution >= 4 is 5.84 Å². The highest BCUT2D eigenvalue weighted by molar-refractivity contribution is 5.85. The van der Waals surface area contributed by atoms with Gasteiger partial charge in [0.25, 0.3) is 0 Å². The highest BCUT2D eigenvalue weighted by atomic mass is 19.1. The van der Waals surface area contributed by atoms with Gasteiger partial charge in [0, 0.05) is 6.42 Å². The zero-order valence-electron chi connectivity index (χ0n) is 11.8. The van der Waals surface area contributed by atoms with E-state index >= 15 is 0 Å². The van der Waals surface area contributed by atoms with E-state index in [1.807, 2.05) is 37.4 Å². The Hall–Kier alpha value is -2.67. The molecule has 2 rings (SSSR count). The van der Waals surface area contributed by atoms with Gasteiger partial charge in [0.1, 0.15) is 11.7 Å². The number of nitrogens with zero attached hydrogens (tertiary/aromatic N) is 2. The van der Waals surface area contributed by atoms with E-state index in [4.69, 9.17) is 5.26 Å². The van der Waals surface area contributed by atoms with E-state index in [1.54, 1.807) is 12.1 Å². The molecular weight excluding hydrogens is 265 g/mol. The molecule has 106 valence electrons. The number of benzene rings is 2. The Balaban J connectivity index is 2.11. The fourth-order valence-electron chi connectivity index (χ4n) is 1.97. The van der Waals surface area contributed by atoms with E-state index in [0.29, 0.717) is 18.8 Å². The third-order valence-electron chi connectivity index (χ3n) is 3.19. The average Bonchev–Trinajstić information content (AvgIpc) is 2.49. The summed E-state index contributed by atoms with van der Waals surface area (Å²) in [6.07, 6.45) is 2.48. The molecule has 0 unspecified atom stereocenters. The summed E-state index contributed by atoms with van der Waals surface area (Å²) >= 11 is 0. The molecule has 0 saturated carbocycles. The maximum atomic E-state index is 12.8. The normalized spacial score (nSPS) is 11.0. The van der Waals surface area contributed by atoms with Gasteiger partial charge < -0.3 is 0 Å². The van der Waals surface area contributed by atoms with Gasteiger partial charge in [-0.1, -0.05) is 36.4 Å². The Morgan fingerprint density at radius 3 is 2.57 bits per heavy atom. The number of hydrogen-bond acceptors (Lipinski definition) is 2. The van der Waals surface area contributed by atoms with Crippen molar-refractivity contribution in [1.29, 1.82) is 5.26 Å². The van der Waals surface area contributed by atoms with Gasteiger partial charge in [-0.25, -0.2) is 4.39 Å². The van der Waals surface area contributed by atoms with E-state index in [0.717, 1.165) is 16.7 Å². The van der Waals surface area contributed by atoms with Crippen molar-refractivity contribution in [3.8, 4) is 6.19 Å². The Morgan fingerprint density at radius 1 is 1.19 bits per heavy atom. The van der Waals surface area contributed by atoms with Crippen molar-refractivity contribution in [1.82, 2.24) is 5.32 Å². The summed E-state index contributed by atoms with van der Waals surface area (Å²) in [5, 5.41) is 11.4. The van der Waals surface area contributed by atoms with Crippen LogP contribution in [0.25, 0.3) is 0 Å². The van der Waals surface area contributed by atoms with Crippen molar-refractivity contribution < 1.29 is 4.39 Å². The van der Waals surface area contributed by atoms with Crippen LogP contribution < -0.4 is 5.32 Å². The van der Waals surface area contributed by atoms with Gasteiger partial charge in [0.05, 0.1) is 6.54 Å². The molecule has 0 aliphatic rings. The summed E-state index contributed by atoms with van der Waals surface area (Å²) in [4.78, 5) is 4.41. The standard InChI is InChI=1S/C17H16FN3/c1-13-4-2-3-5-15(13)10-17(21-12-19)20-11-14-6-8-16(18)9-7-14/h2-9H,10-11H2,1H3,(H,20,21). The first-order valence-corrected chi connectivity index (χ1v) is 6.66. The fourth-order valence-corrected chi connectivity index (χ4v) is 1.97. The molecule has 21 heavy (non-hydrogen) atoms. The van der Waals surface area contributed by atoms with Gasteiger partial charge in [-0.3, -0.25) is 10.3 Å². The zero-order chi connectivity index (χ0) is 15.1. The summed E-state index contributed by atoms with van der Waals surface area (Å²) in [5.41, 5.74) is 3.18. The molecule has 0 spiro atoms. The van der Waals surface area contributed by atoms with Crippen LogP contribution in [0.1, 0.15) is 16.7 Å². The summed E-state index contributed by atoms with van der Waals surface area (Å²) in [5.74, 6) is 0.342. The minimum absolute atomic E-state index is 0.266. The van der Waals surface area contributed by atoms with Crippen LogP contribution in [-0.2, 0) is 13.0 Å². The molecule has 0 bridgehead atoms. The number of halogens is 1. The minimum atomic E-state index is -0.266. The lowest BCUT2D eigenvalue weighted by Crippen LogP contribution is -2.21. The van der Waals surface area contributed by atoms with E-state index < -0.39 is 0 Å². The minimum Gasteiger partial charge on any atom is -0.280 e. The second-order valence-electron chi connectivity index (χ2n) is 4.73. The van der Waals surface area contributed by atoms with Crippen LogP contribution in [0.15, 0.2) is 53.5 Å². The molecule has 0 aliphatic heterocycles. The van der Waals surface area contributed by atoms with Crippen molar-refractivity contribution in [3.63, 3.8) is 0 Å². The molecule has 3 nitrogen and oxygen atoms in total. The highest BCUT2D eigenvalue weighted by Gasteiger charge is 2.03. The lowest BCUT2D eigenvalue weighted by Gasteiger charge is -2.07. The molecular formula is C17H16FN3. The van der Waals surface area contributed by atoms with Gasteiger partial charge in [-0.2, -0.15) is 5.26 Å². The van der Waals surface area contributed by atoms with Gasteiger partial charge in [0.15, 0.2) is 6.19 Å². The molecule has 0 aromatic heterocycles. The van der Waals surface area contributed by atoms with Crippen LogP contribution in [-0.4, -0.2) is 5.84 Å². The zero-order valence-corrected chi connectivity index (χ0v) is 11.8. The smallest absolute Gasteiger partial charge is 0.182 e. The monoisotopic (exact) mass is 281 g/mol. The number of nitrogens with one attached hydrogen (secondary N) is 1. The highest BCUT2D eigenvalue weighted by Crippen LogP contribution is 2.09. The number of nitriles is 1. The van der Waals surface area contributed by atoms with Crippen LogP contribution in [0.3, 0.4) is 0 Å². The Bertz CT molecular complexity index is 669. The second-order valence-corrected chi connectivity index (χ2v) is 4.73. The fraction of sp³-hybridized carbons (Fsp3) is 0.176. The Labute approximate surface area is 123 Å². The van der Waals surface area contributed by atoms with Crippen LogP contribution in [0.2, 0.25) is 0 Å². The van der Waals surface area contributed by atoms with Crippen molar-refractivity contribution in [2.75, 3.05) is 0 Å². The quantitative estimate of drug-likeness (QED) is 0.404. The summed E-state index contributed by atoms with van der Waals surface area (Å²) in [6.45, 7) is 2.44. The van der Waals surface area contributed by atoms with Gasteiger partial charge in [0.2, 0.25) is 0 Å². The lowest BCUT2D eigenvalue weighted by atomic mass is 10.1. The maximum absolute atomic E-state index is 12.8. The predicted octanol–water partition coefficient (Wildman–Crippen LogP) is 3.35. The van der Waals surface area contributed by atoms with E-state index in [1.165, 1.54) is 12.1 Å². The number of hydrogen-bond donors (Lipinski definition) is 1. The second kappa shape index (κ2) is 7.20. The summed E-state index contributed by atoms with van der Waals surface area (Å²) in [7, 11) is 0. The molecule has 1 N–H and O–H groups in total. The molecule has 0 amide bonds. The topological polar surface area (TPSA) is 48.2 Å². The summed E-state index contributed by atoms with van der Waals surface area (Å²) in [6, 6.07) is 14.2. The maximum Gasteiger partial charge on any atom is 0.182 e. The molecule has 0 atom stereocenters. The lowest BCUT2D eigenvalue weighted by molar-refractivity contribution is 0.627. The summed E-state index contributed by atoms with van der Waals surface area (Å²) < 4.78 is 12.8. The predicted molar refractivity (Wildman–Crippen MR) is 81.2 cm³/mol. The molecule has 4 heteroatoms. The third kappa shape index (κ3) is 4.43. The van der Waals surface area contributed by atoms with Crippen LogP contribution >= 0.6 is 0 Å². The molecule has 0 aliphatic carbocycles. The van der Waals surface area contributed by atoms with Crippen molar-refractivity contribution in [2.24, 2.45) is 4.99 Å². The van der Waals surface area contributed by atoms with E-state index in [9.17, 15) is 4.39 Å².